The van der Waals surface area contributed by atoms with Crippen molar-refractivity contribution < 1.29 is 9.53 Å². The van der Waals surface area contributed by atoms with Crippen LogP contribution in [0.2, 0.25) is 5.02 Å². The summed E-state index contributed by atoms with van der Waals surface area (Å²) >= 11 is 6.05. The number of nitrogens with zero attached hydrogens (tertiary/aromatic N) is 1. The second kappa shape index (κ2) is 5.51. The minimum absolute atomic E-state index is 0.0799. The van der Waals surface area contributed by atoms with E-state index >= 15 is 0 Å². The Bertz CT molecular complexity index is 419. The van der Waals surface area contributed by atoms with E-state index in [-0.39, 0.29) is 23.0 Å². The number of carbonyl (C=O) groups excluding carboxylic acids is 1. The molecule has 1 aromatic heterocycles. The normalized spacial score (nSPS) is 9.88. The van der Waals surface area contributed by atoms with Gasteiger partial charge in [-0.25, -0.2) is 9.78 Å². The molecular weight excluding hydrogens is 228 g/mol. The SMILES string of the molecule is C=CCc1cnc(N)c(C(=O)OCC)c1Cl. The van der Waals surface area contributed by atoms with Gasteiger partial charge in [0.1, 0.15) is 11.4 Å². The van der Waals surface area contributed by atoms with Gasteiger partial charge >= 0.3 is 5.97 Å². The van der Waals surface area contributed by atoms with E-state index in [1.165, 1.54) is 6.20 Å². The van der Waals surface area contributed by atoms with Crippen LogP contribution in [0.4, 0.5) is 5.82 Å². The van der Waals surface area contributed by atoms with Gasteiger partial charge in [-0.05, 0) is 18.9 Å². The van der Waals surface area contributed by atoms with Crippen LogP contribution in [-0.2, 0) is 11.2 Å². The summed E-state index contributed by atoms with van der Waals surface area (Å²) in [6.45, 7) is 5.57. The number of halogens is 1. The van der Waals surface area contributed by atoms with Crippen LogP contribution >= 0.6 is 11.6 Å². The lowest BCUT2D eigenvalue weighted by atomic mass is 10.1. The summed E-state index contributed by atoms with van der Waals surface area (Å²) in [7, 11) is 0. The van der Waals surface area contributed by atoms with Gasteiger partial charge < -0.3 is 10.5 Å². The van der Waals surface area contributed by atoms with E-state index < -0.39 is 5.97 Å². The molecule has 1 heterocycles. The Morgan fingerprint density at radius 2 is 2.44 bits per heavy atom. The van der Waals surface area contributed by atoms with Gasteiger partial charge in [0, 0.05) is 6.20 Å². The molecule has 0 bridgehead atoms. The van der Waals surface area contributed by atoms with Gasteiger partial charge in [0.2, 0.25) is 0 Å². The third kappa shape index (κ3) is 2.52. The zero-order valence-electron chi connectivity index (χ0n) is 9.00. The number of hydrogen-bond donors (Lipinski definition) is 1. The van der Waals surface area contributed by atoms with Crippen LogP contribution in [0.25, 0.3) is 0 Å². The fraction of sp³-hybridized carbons (Fsp3) is 0.273. The summed E-state index contributed by atoms with van der Waals surface area (Å²) < 4.78 is 4.85. The van der Waals surface area contributed by atoms with Crippen molar-refractivity contribution in [3.63, 3.8) is 0 Å². The number of allylic oxidation sites excluding steroid dienone is 1. The molecule has 0 aliphatic rings. The Morgan fingerprint density at radius 1 is 1.75 bits per heavy atom. The first kappa shape index (κ1) is 12.5. The van der Waals surface area contributed by atoms with E-state index in [0.29, 0.717) is 12.0 Å². The molecule has 0 spiro atoms. The molecular formula is C11H13ClN2O2. The van der Waals surface area contributed by atoms with Crippen LogP contribution in [0, 0.1) is 0 Å². The van der Waals surface area contributed by atoms with Gasteiger partial charge in [0.25, 0.3) is 0 Å². The predicted molar refractivity (Wildman–Crippen MR) is 63.5 cm³/mol. The lowest BCUT2D eigenvalue weighted by molar-refractivity contribution is 0.0527. The molecule has 4 nitrogen and oxygen atoms in total. The molecule has 0 amide bonds. The highest BCUT2D eigenvalue weighted by atomic mass is 35.5. The number of esters is 1. The van der Waals surface area contributed by atoms with E-state index in [9.17, 15) is 4.79 Å². The summed E-state index contributed by atoms with van der Waals surface area (Å²) in [5, 5.41) is 0.283. The molecule has 16 heavy (non-hydrogen) atoms. The van der Waals surface area contributed by atoms with E-state index in [4.69, 9.17) is 22.1 Å². The zero-order valence-corrected chi connectivity index (χ0v) is 9.75. The highest BCUT2D eigenvalue weighted by Crippen LogP contribution is 2.25. The number of aromatic nitrogens is 1. The molecule has 1 rings (SSSR count). The molecule has 0 aliphatic heterocycles. The topological polar surface area (TPSA) is 65.2 Å². The smallest absolute Gasteiger partial charge is 0.343 e. The Hall–Kier alpha value is -1.55. The van der Waals surface area contributed by atoms with E-state index in [1.807, 2.05) is 0 Å². The van der Waals surface area contributed by atoms with Crippen LogP contribution < -0.4 is 5.73 Å². The number of hydrogen-bond acceptors (Lipinski definition) is 4. The fourth-order valence-electron chi connectivity index (χ4n) is 1.24. The molecule has 1 aromatic rings. The first-order valence-corrected chi connectivity index (χ1v) is 5.20. The Balaban J connectivity index is 3.20. The van der Waals surface area contributed by atoms with E-state index in [0.717, 1.165) is 0 Å². The highest BCUT2D eigenvalue weighted by molar-refractivity contribution is 6.35. The maximum absolute atomic E-state index is 11.6. The summed E-state index contributed by atoms with van der Waals surface area (Å²) in [4.78, 5) is 15.5. The van der Waals surface area contributed by atoms with Crippen LogP contribution in [-0.4, -0.2) is 17.6 Å². The highest BCUT2D eigenvalue weighted by Gasteiger charge is 2.18. The third-order valence-corrected chi connectivity index (χ3v) is 2.39. The molecule has 0 unspecified atom stereocenters. The first-order valence-electron chi connectivity index (χ1n) is 4.82. The summed E-state index contributed by atoms with van der Waals surface area (Å²) in [6, 6.07) is 0. The van der Waals surface area contributed by atoms with Gasteiger partial charge in [-0.3, -0.25) is 0 Å². The average Bonchev–Trinajstić information content (AvgIpc) is 2.23. The average molecular weight is 241 g/mol. The number of carbonyl (C=O) groups is 1. The van der Waals surface area contributed by atoms with Crippen molar-refractivity contribution in [2.75, 3.05) is 12.3 Å². The third-order valence-electron chi connectivity index (χ3n) is 1.96. The van der Waals surface area contributed by atoms with E-state index in [1.54, 1.807) is 13.0 Å². The molecule has 0 aromatic carbocycles. The van der Waals surface area contributed by atoms with Crippen molar-refractivity contribution in [1.29, 1.82) is 0 Å². The van der Waals surface area contributed by atoms with Gasteiger partial charge in [-0.2, -0.15) is 0 Å². The maximum Gasteiger partial charge on any atom is 0.343 e. The quantitative estimate of drug-likeness (QED) is 0.647. The summed E-state index contributed by atoms with van der Waals surface area (Å²) in [5.41, 5.74) is 6.43. The number of nitrogen functional groups attached to an aromatic ring is 1. The van der Waals surface area contributed by atoms with Crippen LogP contribution in [0.1, 0.15) is 22.8 Å². The first-order chi connectivity index (χ1) is 7.61. The number of pyridine rings is 1. The summed E-state index contributed by atoms with van der Waals surface area (Å²) in [6.07, 6.45) is 3.73. The molecule has 86 valence electrons. The van der Waals surface area contributed by atoms with Crippen molar-refractivity contribution in [1.82, 2.24) is 4.98 Å². The number of ether oxygens (including phenoxy) is 1. The van der Waals surface area contributed by atoms with E-state index in [2.05, 4.69) is 11.6 Å². The fourth-order valence-corrected chi connectivity index (χ4v) is 1.54. The maximum atomic E-state index is 11.6. The molecule has 0 aliphatic carbocycles. The lowest BCUT2D eigenvalue weighted by Gasteiger charge is -2.09. The molecule has 0 radical (unpaired) electrons. The van der Waals surface area contributed by atoms with Crippen LogP contribution in [0.5, 0.6) is 0 Å². The van der Waals surface area contributed by atoms with Crippen molar-refractivity contribution in [2.24, 2.45) is 0 Å². The molecule has 0 atom stereocenters. The number of anilines is 1. The van der Waals surface area contributed by atoms with Gasteiger partial charge in [0.15, 0.2) is 0 Å². The Morgan fingerprint density at radius 3 is 3.00 bits per heavy atom. The minimum atomic E-state index is -0.552. The lowest BCUT2D eigenvalue weighted by Crippen LogP contribution is -2.11. The molecule has 2 N–H and O–H groups in total. The Labute approximate surface area is 99.1 Å². The molecule has 5 heteroatoms. The van der Waals surface area contributed by atoms with Gasteiger partial charge in [0.05, 0.1) is 11.6 Å². The van der Waals surface area contributed by atoms with Crippen molar-refractivity contribution in [3.8, 4) is 0 Å². The molecule has 0 fully saturated rings. The van der Waals surface area contributed by atoms with Crippen molar-refractivity contribution in [2.45, 2.75) is 13.3 Å². The number of nitrogens with two attached hydrogens (primary N) is 1. The standard InChI is InChI=1S/C11H13ClN2O2/c1-3-5-7-6-14-10(13)8(9(7)12)11(15)16-4-2/h3,6H,1,4-5H2,2H3,(H2,13,14). The zero-order chi connectivity index (χ0) is 12.1. The van der Waals surface area contributed by atoms with Gasteiger partial charge in [-0.15, -0.1) is 6.58 Å². The monoisotopic (exact) mass is 240 g/mol. The van der Waals surface area contributed by atoms with Crippen molar-refractivity contribution >= 4 is 23.4 Å². The largest absolute Gasteiger partial charge is 0.462 e. The second-order valence-corrected chi connectivity index (χ2v) is 3.45. The van der Waals surface area contributed by atoms with Gasteiger partial charge in [-0.1, -0.05) is 17.7 Å². The Kier molecular flexibility index (Phi) is 4.31. The van der Waals surface area contributed by atoms with Crippen LogP contribution in [0.3, 0.4) is 0 Å². The minimum Gasteiger partial charge on any atom is -0.462 e. The summed E-state index contributed by atoms with van der Waals surface area (Å²) in [5.74, 6) is -0.473. The predicted octanol–water partition coefficient (Wildman–Crippen LogP) is 2.22. The van der Waals surface area contributed by atoms with Crippen LogP contribution in [0.15, 0.2) is 18.9 Å². The molecule has 0 saturated heterocycles. The second-order valence-electron chi connectivity index (χ2n) is 3.07. The molecule has 0 saturated carbocycles. The number of rotatable bonds is 4. The van der Waals surface area contributed by atoms with Crippen molar-refractivity contribution in [3.05, 3.63) is 35.0 Å².